The molecular formula is C28H19BrClN3O2. The molecule has 0 radical (unpaired) electrons. The zero-order valence-electron chi connectivity index (χ0n) is 18.4. The zero-order valence-corrected chi connectivity index (χ0v) is 20.8. The van der Waals surface area contributed by atoms with E-state index in [1.807, 2.05) is 72.8 Å². The standard InChI is InChI=1S/C28H19BrClN3O2/c29-22-12-10-19(11-13-22)18-35-26-15-14-23(30)16-21(26)17-31-33-27(20-6-2-1-3-7-20)32-25-9-5-4-8-24(25)28(33)34/h1-17H,18H2. The van der Waals surface area contributed by atoms with Gasteiger partial charge in [-0.1, -0.05) is 82.1 Å². The smallest absolute Gasteiger partial charge is 0.282 e. The van der Waals surface area contributed by atoms with Gasteiger partial charge in [0.15, 0.2) is 5.82 Å². The molecule has 1 aromatic heterocycles. The topological polar surface area (TPSA) is 56.5 Å². The van der Waals surface area contributed by atoms with Crippen molar-refractivity contribution in [1.82, 2.24) is 9.66 Å². The largest absolute Gasteiger partial charge is 0.488 e. The lowest BCUT2D eigenvalue weighted by Crippen LogP contribution is -2.20. The molecule has 0 saturated carbocycles. The zero-order chi connectivity index (χ0) is 24.2. The van der Waals surface area contributed by atoms with Gasteiger partial charge < -0.3 is 4.74 Å². The van der Waals surface area contributed by atoms with Gasteiger partial charge in [0.25, 0.3) is 5.56 Å². The molecule has 0 aliphatic rings. The van der Waals surface area contributed by atoms with Gasteiger partial charge >= 0.3 is 0 Å². The predicted molar refractivity (Wildman–Crippen MR) is 144 cm³/mol. The second-order valence-electron chi connectivity index (χ2n) is 7.78. The molecule has 0 aliphatic heterocycles. The predicted octanol–water partition coefficient (Wildman–Crippen LogP) is 6.94. The maximum atomic E-state index is 13.4. The van der Waals surface area contributed by atoms with Gasteiger partial charge in [-0.05, 0) is 48.0 Å². The van der Waals surface area contributed by atoms with Crippen molar-refractivity contribution in [2.24, 2.45) is 5.10 Å². The van der Waals surface area contributed by atoms with E-state index in [0.717, 1.165) is 15.6 Å². The molecule has 5 aromatic rings. The summed E-state index contributed by atoms with van der Waals surface area (Å²) in [5.74, 6) is 1.05. The molecule has 5 rings (SSSR count). The minimum Gasteiger partial charge on any atom is -0.488 e. The molecule has 1 heterocycles. The maximum Gasteiger partial charge on any atom is 0.282 e. The van der Waals surface area contributed by atoms with Gasteiger partial charge in [-0.2, -0.15) is 9.78 Å². The van der Waals surface area contributed by atoms with Gasteiger partial charge in [-0.3, -0.25) is 4.79 Å². The highest BCUT2D eigenvalue weighted by atomic mass is 79.9. The average Bonchev–Trinajstić information content (AvgIpc) is 2.89. The van der Waals surface area contributed by atoms with Crippen LogP contribution in [0.4, 0.5) is 0 Å². The van der Waals surface area contributed by atoms with Crippen LogP contribution in [0.5, 0.6) is 5.75 Å². The number of benzene rings is 4. The Morgan fingerprint density at radius 1 is 0.943 bits per heavy atom. The Hall–Kier alpha value is -3.74. The molecule has 0 fully saturated rings. The minimum absolute atomic E-state index is 0.259. The van der Waals surface area contributed by atoms with Crippen LogP contribution in [0.3, 0.4) is 0 Å². The van der Waals surface area contributed by atoms with Crippen molar-refractivity contribution in [2.45, 2.75) is 6.61 Å². The highest BCUT2D eigenvalue weighted by Gasteiger charge is 2.12. The molecule has 0 N–H and O–H groups in total. The number of nitrogens with zero attached hydrogens (tertiary/aromatic N) is 3. The molecule has 0 atom stereocenters. The summed E-state index contributed by atoms with van der Waals surface area (Å²) < 4.78 is 8.37. The highest BCUT2D eigenvalue weighted by molar-refractivity contribution is 9.10. The Morgan fingerprint density at radius 2 is 1.69 bits per heavy atom. The summed E-state index contributed by atoms with van der Waals surface area (Å²) in [5, 5.41) is 5.57. The Labute approximate surface area is 215 Å². The number of hydrogen-bond donors (Lipinski definition) is 0. The fraction of sp³-hybridized carbons (Fsp3) is 0.0357. The Kier molecular flexibility index (Phi) is 6.75. The van der Waals surface area contributed by atoms with Crippen LogP contribution in [0.15, 0.2) is 111 Å². The summed E-state index contributed by atoms with van der Waals surface area (Å²) in [4.78, 5) is 18.1. The second-order valence-corrected chi connectivity index (χ2v) is 9.13. The molecule has 0 aliphatic carbocycles. The fourth-order valence-corrected chi connectivity index (χ4v) is 4.06. The first kappa shape index (κ1) is 23.0. The first-order chi connectivity index (χ1) is 17.1. The van der Waals surface area contributed by atoms with Gasteiger partial charge in [-0.25, -0.2) is 4.98 Å². The van der Waals surface area contributed by atoms with E-state index in [4.69, 9.17) is 21.3 Å². The molecule has 7 heteroatoms. The lowest BCUT2D eigenvalue weighted by molar-refractivity contribution is 0.306. The van der Waals surface area contributed by atoms with Gasteiger partial charge in [-0.15, -0.1) is 0 Å². The molecule has 4 aromatic carbocycles. The summed E-state index contributed by atoms with van der Waals surface area (Å²) in [6.07, 6.45) is 1.58. The van der Waals surface area contributed by atoms with E-state index in [2.05, 4.69) is 21.0 Å². The first-order valence-corrected chi connectivity index (χ1v) is 12.0. The van der Waals surface area contributed by atoms with E-state index in [0.29, 0.717) is 39.7 Å². The Morgan fingerprint density at radius 3 is 2.49 bits per heavy atom. The van der Waals surface area contributed by atoms with Crippen molar-refractivity contribution in [3.05, 3.63) is 128 Å². The van der Waals surface area contributed by atoms with Crippen molar-refractivity contribution in [3.63, 3.8) is 0 Å². The van der Waals surface area contributed by atoms with Crippen LogP contribution in [-0.2, 0) is 6.61 Å². The summed E-state index contributed by atoms with van der Waals surface area (Å²) in [5.41, 5.74) is 2.81. The van der Waals surface area contributed by atoms with E-state index in [9.17, 15) is 4.79 Å². The van der Waals surface area contributed by atoms with E-state index in [1.165, 1.54) is 4.68 Å². The molecule has 0 bridgehead atoms. The maximum absolute atomic E-state index is 13.4. The number of rotatable bonds is 6. The average molecular weight is 545 g/mol. The van der Waals surface area contributed by atoms with Crippen LogP contribution in [-0.4, -0.2) is 15.9 Å². The van der Waals surface area contributed by atoms with E-state index < -0.39 is 0 Å². The van der Waals surface area contributed by atoms with Crippen molar-refractivity contribution < 1.29 is 4.74 Å². The molecule has 0 unspecified atom stereocenters. The highest BCUT2D eigenvalue weighted by Crippen LogP contribution is 2.24. The van der Waals surface area contributed by atoms with Gasteiger partial charge in [0, 0.05) is 20.6 Å². The summed E-state index contributed by atoms with van der Waals surface area (Å²) in [6.45, 7) is 0.377. The van der Waals surface area contributed by atoms with Crippen molar-refractivity contribution >= 4 is 44.6 Å². The molecule has 172 valence electrons. The fourth-order valence-electron chi connectivity index (χ4n) is 3.62. The number of para-hydroxylation sites is 1. The van der Waals surface area contributed by atoms with Crippen molar-refractivity contribution in [3.8, 4) is 17.1 Å². The van der Waals surface area contributed by atoms with Gasteiger partial charge in [0.05, 0.1) is 17.1 Å². The molecule has 35 heavy (non-hydrogen) atoms. The van der Waals surface area contributed by atoms with Crippen LogP contribution >= 0.6 is 27.5 Å². The van der Waals surface area contributed by atoms with Gasteiger partial charge in [0.2, 0.25) is 0 Å². The molecular weight excluding hydrogens is 526 g/mol. The van der Waals surface area contributed by atoms with Crippen LogP contribution < -0.4 is 10.3 Å². The SMILES string of the molecule is O=c1c2ccccc2nc(-c2ccccc2)n1N=Cc1cc(Cl)ccc1OCc1ccc(Br)cc1. The molecule has 0 amide bonds. The molecule has 0 saturated heterocycles. The van der Waals surface area contributed by atoms with Crippen LogP contribution in [0, 0.1) is 0 Å². The number of aromatic nitrogens is 2. The van der Waals surface area contributed by atoms with Crippen molar-refractivity contribution in [1.29, 1.82) is 0 Å². The van der Waals surface area contributed by atoms with E-state index in [1.54, 1.807) is 30.5 Å². The number of halogens is 2. The Balaban J connectivity index is 1.55. The summed E-state index contributed by atoms with van der Waals surface area (Å²) in [7, 11) is 0. The monoisotopic (exact) mass is 543 g/mol. The lowest BCUT2D eigenvalue weighted by Gasteiger charge is -2.11. The third-order valence-corrected chi connectivity index (χ3v) is 6.14. The van der Waals surface area contributed by atoms with Gasteiger partial charge in [0.1, 0.15) is 12.4 Å². The first-order valence-electron chi connectivity index (χ1n) is 10.9. The van der Waals surface area contributed by atoms with E-state index >= 15 is 0 Å². The number of fused-ring (bicyclic) bond motifs is 1. The third-order valence-electron chi connectivity index (χ3n) is 5.38. The van der Waals surface area contributed by atoms with Crippen LogP contribution in [0.1, 0.15) is 11.1 Å². The quantitative estimate of drug-likeness (QED) is 0.218. The van der Waals surface area contributed by atoms with Crippen LogP contribution in [0.2, 0.25) is 5.02 Å². The number of ether oxygens (including phenoxy) is 1. The third kappa shape index (κ3) is 5.19. The van der Waals surface area contributed by atoms with Crippen LogP contribution in [0.25, 0.3) is 22.3 Å². The molecule has 0 spiro atoms. The normalized spacial score (nSPS) is 11.3. The Bertz CT molecular complexity index is 1580. The lowest BCUT2D eigenvalue weighted by atomic mass is 10.2. The second kappa shape index (κ2) is 10.3. The summed E-state index contributed by atoms with van der Waals surface area (Å²) >= 11 is 9.71. The van der Waals surface area contributed by atoms with E-state index in [-0.39, 0.29) is 5.56 Å². The van der Waals surface area contributed by atoms with Crippen molar-refractivity contribution in [2.75, 3.05) is 0 Å². The molecule has 5 nitrogen and oxygen atoms in total. The minimum atomic E-state index is -0.259. The summed E-state index contributed by atoms with van der Waals surface area (Å²) in [6, 6.07) is 30.0. The number of hydrogen-bond acceptors (Lipinski definition) is 4.